The summed E-state index contributed by atoms with van der Waals surface area (Å²) in [6.07, 6.45) is 8.33. The van der Waals surface area contributed by atoms with Crippen molar-refractivity contribution in [2.24, 2.45) is 0 Å². The minimum atomic E-state index is 0.486. The zero-order chi connectivity index (χ0) is 15.6. The van der Waals surface area contributed by atoms with Crippen LogP contribution in [0.4, 0.5) is 5.82 Å². The van der Waals surface area contributed by atoms with Crippen LogP contribution in [0.5, 0.6) is 0 Å². The zero-order valence-electron chi connectivity index (χ0n) is 13.5. The maximum absolute atomic E-state index is 4.69. The molecule has 0 bridgehead atoms. The Morgan fingerprint density at radius 1 is 1.13 bits per heavy atom. The Labute approximate surface area is 136 Å². The lowest BCUT2D eigenvalue weighted by Crippen LogP contribution is -2.36. The SMILES string of the molecule is CCn1ccnc1[C@H]1CCCN(c2nccc3ccccc23)C1. The van der Waals surface area contributed by atoms with E-state index in [9.17, 15) is 0 Å². The van der Waals surface area contributed by atoms with Crippen molar-refractivity contribution < 1.29 is 0 Å². The zero-order valence-corrected chi connectivity index (χ0v) is 13.5. The van der Waals surface area contributed by atoms with Gasteiger partial charge in [0.1, 0.15) is 11.6 Å². The molecule has 3 heterocycles. The maximum Gasteiger partial charge on any atom is 0.136 e. The summed E-state index contributed by atoms with van der Waals surface area (Å²) in [5.41, 5.74) is 0. The summed E-state index contributed by atoms with van der Waals surface area (Å²) in [5.74, 6) is 2.82. The third kappa shape index (κ3) is 2.58. The van der Waals surface area contributed by atoms with Crippen LogP contribution in [0.2, 0.25) is 0 Å². The highest BCUT2D eigenvalue weighted by atomic mass is 15.2. The summed E-state index contributed by atoms with van der Waals surface area (Å²) < 4.78 is 2.27. The van der Waals surface area contributed by atoms with Crippen molar-refractivity contribution in [2.45, 2.75) is 32.2 Å². The average molecular weight is 306 g/mol. The first-order valence-corrected chi connectivity index (χ1v) is 8.46. The Balaban J connectivity index is 1.67. The van der Waals surface area contributed by atoms with E-state index in [1.165, 1.54) is 29.4 Å². The van der Waals surface area contributed by atoms with Crippen LogP contribution in [0.3, 0.4) is 0 Å². The van der Waals surface area contributed by atoms with Gasteiger partial charge in [-0.1, -0.05) is 24.3 Å². The van der Waals surface area contributed by atoms with Crippen molar-refractivity contribution in [1.82, 2.24) is 14.5 Å². The molecular formula is C19H22N4. The first-order valence-electron chi connectivity index (χ1n) is 8.46. The molecule has 0 N–H and O–H groups in total. The van der Waals surface area contributed by atoms with Crippen molar-refractivity contribution in [3.63, 3.8) is 0 Å². The number of hydrogen-bond acceptors (Lipinski definition) is 3. The van der Waals surface area contributed by atoms with Gasteiger partial charge in [0.25, 0.3) is 0 Å². The van der Waals surface area contributed by atoms with E-state index in [2.05, 4.69) is 62.9 Å². The third-order valence-corrected chi connectivity index (χ3v) is 4.83. The summed E-state index contributed by atoms with van der Waals surface area (Å²) in [5, 5.41) is 2.50. The van der Waals surface area contributed by atoms with Gasteiger partial charge in [-0.2, -0.15) is 0 Å². The molecule has 3 aromatic rings. The van der Waals surface area contributed by atoms with E-state index >= 15 is 0 Å². The van der Waals surface area contributed by atoms with Crippen LogP contribution in [0.15, 0.2) is 48.9 Å². The van der Waals surface area contributed by atoms with Crippen molar-refractivity contribution in [1.29, 1.82) is 0 Å². The van der Waals surface area contributed by atoms with Gasteiger partial charge >= 0.3 is 0 Å². The van der Waals surface area contributed by atoms with E-state index in [0.29, 0.717) is 5.92 Å². The van der Waals surface area contributed by atoms with Crippen LogP contribution in [0.25, 0.3) is 10.8 Å². The van der Waals surface area contributed by atoms with Crippen LogP contribution in [-0.4, -0.2) is 27.6 Å². The number of aryl methyl sites for hydroxylation is 1. The molecule has 1 fully saturated rings. The van der Waals surface area contributed by atoms with Gasteiger partial charge in [0, 0.05) is 49.5 Å². The van der Waals surface area contributed by atoms with Crippen LogP contribution >= 0.6 is 0 Å². The Morgan fingerprint density at radius 3 is 2.96 bits per heavy atom. The molecule has 1 aliphatic rings. The second kappa shape index (κ2) is 6.03. The molecule has 0 amide bonds. The number of pyridine rings is 1. The number of piperidine rings is 1. The van der Waals surface area contributed by atoms with Crippen molar-refractivity contribution in [3.05, 3.63) is 54.7 Å². The normalized spacial score (nSPS) is 18.5. The highest BCUT2D eigenvalue weighted by Crippen LogP contribution is 2.31. The van der Waals surface area contributed by atoms with Crippen LogP contribution in [-0.2, 0) is 6.54 Å². The van der Waals surface area contributed by atoms with Gasteiger partial charge in [-0.15, -0.1) is 0 Å². The molecule has 0 spiro atoms. The predicted molar refractivity (Wildman–Crippen MR) is 93.8 cm³/mol. The first kappa shape index (κ1) is 14.2. The number of hydrogen-bond donors (Lipinski definition) is 0. The molecule has 1 aliphatic heterocycles. The van der Waals surface area contributed by atoms with Gasteiger partial charge in [0.2, 0.25) is 0 Å². The van der Waals surface area contributed by atoms with Crippen LogP contribution < -0.4 is 4.90 Å². The van der Waals surface area contributed by atoms with Gasteiger partial charge < -0.3 is 9.47 Å². The predicted octanol–water partition coefficient (Wildman–Crippen LogP) is 3.84. The summed E-state index contributed by atoms with van der Waals surface area (Å²) >= 11 is 0. The molecule has 1 atom stereocenters. The van der Waals surface area contributed by atoms with Crippen molar-refractivity contribution in [3.8, 4) is 0 Å². The first-order chi connectivity index (χ1) is 11.4. The molecule has 0 saturated carbocycles. The molecule has 1 saturated heterocycles. The standard InChI is InChI=1S/C19H22N4/c1-2-22-13-11-21-18(22)16-7-5-12-23(14-16)19-17-8-4-3-6-15(17)9-10-20-19/h3-4,6,8-11,13,16H,2,5,7,12,14H2,1H3/t16-/m0/s1. The fourth-order valence-electron chi connectivity index (χ4n) is 3.68. The Kier molecular flexibility index (Phi) is 3.74. The van der Waals surface area contributed by atoms with Crippen molar-refractivity contribution >= 4 is 16.6 Å². The Bertz CT molecular complexity index is 802. The van der Waals surface area contributed by atoms with E-state index in [1.807, 2.05) is 12.4 Å². The molecule has 4 heteroatoms. The van der Waals surface area contributed by atoms with Gasteiger partial charge in [-0.25, -0.2) is 9.97 Å². The summed E-state index contributed by atoms with van der Waals surface area (Å²) in [4.78, 5) is 11.7. The fourth-order valence-corrected chi connectivity index (χ4v) is 3.68. The molecule has 4 rings (SSSR count). The second-order valence-corrected chi connectivity index (χ2v) is 6.21. The van der Waals surface area contributed by atoms with Crippen molar-refractivity contribution in [2.75, 3.05) is 18.0 Å². The minimum Gasteiger partial charge on any atom is -0.355 e. The third-order valence-electron chi connectivity index (χ3n) is 4.83. The van der Waals surface area contributed by atoms with Crippen LogP contribution in [0.1, 0.15) is 31.5 Å². The molecule has 1 aromatic carbocycles. The summed E-state index contributed by atoms with van der Waals surface area (Å²) in [7, 11) is 0. The molecule has 4 nitrogen and oxygen atoms in total. The molecule has 0 radical (unpaired) electrons. The quantitative estimate of drug-likeness (QED) is 0.737. The van der Waals surface area contributed by atoms with E-state index in [0.717, 1.165) is 25.5 Å². The van der Waals surface area contributed by atoms with Gasteiger partial charge in [-0.3, -0.25) is 0 Å². The van der Waals surface area contributed by atoms with E-state index in [-0.39, 0.29) is 0 Å². The highest BCUT2D eigenvalue weighted by molar-refractivity contribution is 5.92. The lowest BCUT2D eigenvalue weighted by atomic mass is 9.96. The van der Waals surface area contributed by atoms with Gasteiger partial charge in [0.15, 0.2) is 0 Å². The largest absolute Gasteiger partial charge is 0.355 e. The van der Waals surface area contributed by atoms with E-state index in [4.69, 9.17) is 0 Å². The number of aromatic nitrogens is 3. The minimum absolute atomic E-state index is 0.486. The smallest absolute Gasteiger partial charge is 0.136 e. The lowest BCUT2D eigenvalue weighted by molar-refractivity contribution is 0.472. The number of rotatable bonds is 3. The number of nitrogens with zero attached hydrogens (tertiary/aromatic N) is 4. The van der Waals surface area contributed by atoms with Crippen LogP contribution in [0, 0.1) is 0 Å². The molecule has 0 aliphatic carbocycles. The lowest BCUT2D eigenvalue weighted by Gasteiger charge is -2.34. The van der Waals surface area contributed by atoms with E-state index in [1.54, 1.807) is 0 Å². The number of fused-ring (bicyclic) bond motifs is 1. The Morgan fingerprint density at radius 2 is 2.04 bits per heavy atom. The molecule has 2 aromatic heterocycles. The number of benzene rings is 1. The molecule has 23 heavy (non-hydrogen) atoms. The summed E-state index contributed by atoms with van der Waals surface area (Å²) in [6, 6.07) is 10.6. The molecule has 118 valence electrons. The molecule has 0 unspecified atom stereocenters. The fraction of sp³-hybridized carbons (Fsp3) is 0.368. The van der Waals surface area contributed by atoms with Gasteiger partial charge in [0.05, 0.1) is 0 Å². The monoisotopic (exact) mass is 306 g/mol. The topological polar surface area (TPSA) is 34.0 Å². The maximum atomic E-state index is 4.69. The molecular weight excluding hydrogens is 284 g/mol. The van der Waals surface area contributed by atoms with E-state index < -0.39 is 0 Å². The number of anilines is 1. The summed E-state index contributed by atoms with van der Waals surface area (Å²) in [6.45, 7) is 5.23. The highest BCUT2D eigenvalue weighted by Gasteiger charge is 2.26. The average Bonchev–Trinajstić information content (AvgIpc) is 3.10. The second-order valence-electron chi connectivity index (χ2n) is 6.21. The number of imidazole rings is 1. The Hall–Kier alpha value is -2.36. The van der Waals surface area contributed by atoms with Gasteiger partial charge in [-0.05, 0) is 31.2 Å².